The molecular weight excluding hydrogens is 412 g/mol. The molecule has 0 aliphatic rings. The van der Waals surface area contributed by atoms with Gasteiger partial charge in [0.2, 0.25) is 5.91 Å². The van der Waals surface area contributed by atoms with Crippen LogP contribution < -0.4 is 16.2 Å². The number of hydrogen-bond acceptors (Lipinski definition) is 6. The Morgan fingerprint density at radius 2 is 1.62 bits per heavy atom. The lowest BCUT2D eigenvalue weighted by atomic mass is 10.1. The third-order valence-corrected chi connectivity index (χ3v) is 4.87. The number of anilines is 1. The number of hydrogen-bond donors (Lipinski definition) is 2. The lowest BCUT2D eigenvalue weighted by Crippen LogP contribution is -2.36. The Kier molecular flexibility index (Phi) is 6.67. The first kappa shape index (κ1) is 22.7. The SMILES string of the molecule is Cc1cc(C)c(NC(=O)CNC(=O)COC(=O)c2nn(C)c(=O)c3ccccc23)c(C)c1. The summed E-state index contributed by atoms with van der Waals surface area (Å²) in [6.45, 7) is 4.90. The molecule has 0 fully saturated rings. The predicted octanol–water partition coefficient (Wildman–Crippen LogP) is 1.77. The van der Waals surface area contributed by atoms with Crippen molar-refractivity contribution in [2.45, 2.75) is 20.8 Å². The van der Waals surface area contributed by atoms with Crippen LogP contribution >= 0.6 is 0 Å². The third kappa shape index (κ3) is 5.00. The third-order valence-electron chi connectivity index (χ3n) is 4.87. The van der Waals surface area contributed by atoms with E-state index in [1.54, 1.807) is 24.3 Å². The molecule has 2 aromatic carbocycles. The molecule has 0 saturated heterocycles. The number of rotatable bonds is 6. The Balaban J connectivity index is 1.57. The van der Waals surface area contributed by atoms with Gasteiger partial charge in [0.1, 0.15) is 0 Å². The topological polar surface area (TPSA) is 119 Å². The minimum atomic E-state index is -0.845. The van der Waals surface area contributed by atoms with E-state index in [1.165, 1.54) is 7.05 Å². The van der Waals surface area contributed by atoms with Gasteiger partial charge in [-0.1, -0.05) is 35.9 Å². The van der Waals surface area contributed by atoms with Gasteiger partial charge in [0, 0.05) is 18.1 Å². The van der Waals surface area contributed by atoms with Crippen LogP contribution in [0, 0.1) is 20.8 Å². The van der Waals surface area contributed by atoms with Gasteiger partial charge < -0.3 is 15.4 Å². The van der Waals surface area contributed by atoms with Gasteiger partial charge in [-0.15, -0.1) is 0 Å². The number of aromatic nitrogens is 2. The highest BCUT2D eigenvalue weighted by Gasteiger charge is 2.18. The second kappa shape index (κ2) is 9.42. The van der Waals surface area contributed by atoms with Gasteiger partial charge >= 0.3 is 5.97 Å². The van der Waals surface area contributed by atoms with Gasteiger partial charge in [0.15, 0.2) is 12.3 Å². The highest BCUT2D eigenvalue weighted by atomic mass is 16.5. The molecule has 2 N–H and O–H groups in total. The summed E-state index contributed by atoms with van der Waals surface area (Å²) in [5.41, 5.74) is 3.22. The molecule has 166 valence electrons. The number of amides is 2. The van der Waals surface area contributed by atoms with Gasteiger partial charge in [-0.2, -0.15) is 5.10 Å². The van der Waals surface area contributed by atoms with Crippen molar-refractivity contribution in [2.75, 3.05) is 18.5 Å². The Morgan fingerprint density at radius 1 is 1.00 bits per heavy atom. The van der Waals surface area contributed by atoms with E-state index in [9.17, 15) is 19.2 Å². The van der Waals surface area contributed by atoms with Crippen molar-refractivity contribution in [3.63, 3.8) is 0 Å². The highest BCUT2D eigenvalue weighted by Crippen LogP contribution is 2.21. The molecule has 0 aliphatic heterocycles. The standard InChI is InChI=1S/C23H24N4O5/c1-13-9-14(2)20(15(3)10-13)25-18(28)11-24-19(29)12-32-23(31)21-16-7-5-6-8-17(16)22(30)27(4)26-21/h5-10H,11-12H2,1-4H3,(H,24,29)(H,25,28). The second-order valence-electron chi connectivity index (χ2n) is 7.50. The molecule has 0 bridgehead atoms. The molecule has 3 rings (SSSR count). The largest absolute Gasteiger partial charge is 0.451 e. The van der Waals surface area contributed by atoms with Crippen LogP contribution in [0.2, 0.25) is 0 Å². The number of carbonyl (C=O) groups excluding carboxylic acids is 3. The molecule has 9 heteroatoms. The predicted molar refractivity (Wildman–Crippen MR) is 120 cm³/mol. The van der Waals surface area contributed by atoms with Crippen LogP contribution in [-0.4, -0.2) is 40.7 Å². The normalized spacial score (nSPS) is 10.6. The number of nitrogens with one attached hydrogen (secondary N) is 2. The monoisotopic (exact) mass is 436 g/mol. The van der Waals surface area contributed by atoms with E-state index >= 15 is 0 Å². The van der Waals surface area contributed by atoms with Crippen molar-refractivity contribution in [3.8, 4) is 0 Å². The fraction of sp³-hybridized carbons (Fsp3) is 0.261. The maximum Gasteiger partial charge on any atom is 0.359 e. The number of carbonyl (C=O) groups is 3. The zero-order valence-corrected chi connectivity index (χ0v) is 18.3. The average molecular weight is 436 g/mol. The summed E-state index contributed by atoms with van der Waals surface area (Å²) in [6, 6.07) is 10.4. The van der Waals surface area contributed by atoms with Crippen molar-refractivity contribution in [1.29, 1.82) is 0 Å². The number of fused-ring (bicyclic) bond motifs is 1. The Hall–Kier alpha value is -4.01. The molecule has 32 heavy (non-hydrogen) atoms. The smallest absolute Gasteiger partial charge is 0.359 e. The number of aryl methyl sites for hydroxylation is 4. The maximum absolute atomic E-state index is 12.4. The zero-order chi connectivity index (χ0) is 23.4. The van der Waals surface area contributed by atoms with Crippen molar-refractivity contribution in [3.05, 3.63) is 69.1 Å². The molecule has 1 heterocycles. The van der Waals surface area contributed by atoms with Crippen LogP contribution in [-0.2, 0) is 21.4 Å². The quantitative estimate of drug-likeness (QED) is 0.569. The molecule has 0 atom stereocenters. The summed E-state index contributed by atoms with van der Waals surface area (Å²) in [7, 11) is 1.42. The fourth-order valence-electron chi connectivity index (χ4n) is 3.44. The van der Waals surface area contributed by atoms with E-state index in [1.807, 2.05) is 32.9 Å². The molecule has 0 spiro atoms. The molecule has 9 nitrogen and oxygen atoms in total. The summed E-state index contributed by atoms with van der Waals surface area (Å²) >= 11 is 0. The van der Waals surface area contributed by atoms with Crippen molar-refractivity contribution in [1.82, 2.24) is 15.1 Å². The molecule has 0 unspecified atom stereocenters. The van der Waals surface area contributed by atoms with Crippen LogP contribution in [0.4, 0.5) is 5.69 Å². The number of nitrogens with zero attached hydrogens (tertiary/aromatic N) is 2. The van der Waals surface area contributed by atoms with E-state index in [4.69, 9.17) is 4.74 Å². The van der Waals surface area contributed by atoms with Gasteiger partial charge in [-0.3, -0.25) is 14.4 Å². The molecule has 0 aliphatic carbocycles. The number of benzene rings is 2. The maximum atomic E-state index is 12.4. The van der Waals surface area contributed by atoms with Crippen LogP contribution in [0.1, 0.15) is 27.2 Å². The van der Waals surface area contributed by atoms with E-state index in [0.29, 0.717) is 16.5 Å². The van der Waals surface area contributed by atoms with E-state index in [2.05, 4.69) is 15.7 Å². The van der Waals surface area contributed by atoms with E-state index < -0.39 is 24.4 Å². The van der Waals surface area contributed by atoms with Gasteiger partial charge in [0.25, 0.3) is 11.5 Å². The first-order valence-electron chi connectivity index (χ1n) is 9.95. The highest BCUT2D eigenvalue weighted by molar-refractivity contribution is 6.02. The Morgan fingerprint density at radius 3 is 2.28 bits per heavy atom. The first-order chi connectivity index (χ1) is 15.2. The lowest BCUT2D eigenvalue weighted by molar-refractivity contribution is -0.126. The average Bonchev–Trinajstić information content (AvgIpc) is 2.75. The van der Waals surface area contributed by atoms with E-state index in [-0.39, 0.29) is 17.8 Å². The first-order valence-corrected chi connectivity index (χ1v) is 9.95. The van der Waals surface area contributed by atoms with Crippen LogP contribution in [0.15, 0.2) is 41.2 Å². The number of esters is 1. The zero-order valence-electron chi connectivity index (χ0n) is 18.3. The summed E-state index contributed by atoms with van der Waals surface area (Å²) in [5.74, 6) is -1.88. The summed E-state index contributed by atoms with van der Waals surface area (Å²) in [4.78, 5) is 48.9. The number of ether oxygens (including phenoxy) is 1. The van der Waals surface area contributed by atoms with Crippen LogP contribution in [0.3, 0.4) is 0 Å². The van der Waals surface area contributed by atoms with Crippen molar-refractivity contribution >= 4 is 34.2 Å². The van der Waals surface area contributed by atoms with Crippen LogP contribution in [0.5, 0.6) is 0 Å². The Labute approximate surface area is 184 Å². The molecule has 1 aromatic heterocycles. The minimum Gasteiger partial charge on any atom is -0.451 e. The summed E-state index contributed by atoms with van der Waals surface area (Å²) in [6.07, 6.45) is 0. The lowest BCUT2D eigenvalue weighted by Gasteiger charge is -2.13. The van der Waals surface area contributed by atoms with Gasteiger partial charge in [-0.05, 0) is 38.0 Å². The second-order valence-corrected chi connectivity index (χ2v) is 7.50. The summed E-state index contributed by atoms with van der Waals surface area (Å²) < 4.78 is 6.07. The molecule has 2 amide bonds. The van der Waals surface area contributed by atoms with Crippen LogP contribution in [0.25, 0.3) is 10.8 Å². The molecule has 3 aromatic rings. The van der Waals surface area contributed by atoms with Gasteiger partial charge in [-0.25, -0.2) is 9.48 Å². The van der Waals surface area contributed by atoms with Crippen molar-refractivity contribution < 1.29 is 19.1 Å². The molecule has 0 saturated carbocycles. The molecular formula is C23H24N4O5. The van der Waals surface area contributed by atoms with Gasteiger partial charge in [0.05, 0.1) is 11.9 Å². The minimum absolute atomic E-state index is 0.0708. The van der Waals surface area contributed by atoms with E-state index in [0.717, 1.165) is 21.4 Å². The fourth-order valence-corrected chi connectivity index (χ4v) is 3.44. The van der Waals surface area contributed by atoms with Crippen molar-refractivity contribution in [2.24, 2.45) is 7.05 Å². The Bertz CT molecular complexity index is 1260. The molecule has 0 radical (unpaired) electrons. The summed E-state index contributed by atoms with van der Waals surface area (Å²) in [5, 5.41) is 9.81.